The fourth-order valence-corrected chi connectivity index (χ4v) is 2.04. The number of nitro benzene ring substituents is 1. The van der Waals surface area contributed by atoms with Gasteiger partial charge in [-0.15, -0.1) is 0 Å². The zero-order chi connectivity index (χ0) is 15.6. The molecule has 0 saturated heterocycles. The molecule has 1 aliphatic rings. The van der Waals surface area contributed by atoms with Crippen molar-refractivity contribution in [1.82, 2.24) is 0 Å². The molecule has 1 aliphatic carbocycles. The summed E-state index contributed by atoms with van der Waals surface area (Å²) in [5.41, 5.74) is -0.0765. The molecule has 0 aliphatic heterocycles. The number of nitrogens with zero attached hydrogens (tertiary/aromatic N) is 1. The Hall–Kier alpha value is -2.11. The molecule has 2 rings (SSSR count). The van der Waals surface area contributed by atoms with Crippen LogP contribution in [-0.4, -0.2) is 22.5 Å². The topological polar surface area (TPSA) is 81.5 Å². The molecule has 1 fully saturated rings. The number of nitro groups is 1. The molecule has 6 nitrogen and oxygen atoms in total. The van der Waals surface area contributed by atoms with Gasteiger partial charge in [0, 0.05) is 12.1 Å². The largest absolute Gasteiger partial charge is 0.456 e. The normalized spacial score (nSPS) is 15.2. The second kappa shape index (κ2) is 5.71. The summed E-state index contributed by atoms with van der Waals surface area (Å²) in [5.74, 6) is -0.555. The molecule has 1 N–H and O–H groups in total. The van der Waals surface area contributed by atoms with Crippen molar-refractivity contribution in [2.24, 2.45) is 0 Å². The summed E-state index contributed by atoms with van der Waals surface area (Å²) in [6.07, 6.45) is 3.18. The fourth-order valence-electron chi connectivity index (χ4n) is 2.04. The van der Waals surface area contributed by atoms with Crippen LogP contribution in [0.25, 0.3) is 0 Å². The predicted octanol–water partition coefficient (Wildman–Crippen LogP) is 3.51. The number of carbonyl (C=O) groups excluding carboxylic acids is 1. The monoisotopic (exact) mass is 292 g/mol. The maximum atomic E-state index is 12.0. The first-order chi connectivity index (χ1) is 9.76. The van der Waals surface area contributed by atoms with Crippen molar-refractivity contribution in [3.63, 3.8) is 0 Å². The smallest absolute Gasteiger partial charge is 0.338 e. The van der Waals surface area contributed by atoms with Gasteiger partial charge in [0.2, 0.25) is 0 Å². The van der Waals surface area contributed by atoms with E-state index in [4.69, 9.17) is 4.74 Å². The highest BCUT2D eigenvalue weighted by Gasteiger charge is 2.24. The second-order valence-corrected chi connectivity index (χ2v) is 6.26. The molecule has 0 atom stereocenters. The van der Waals surface area contributed by atoms with Crippen LogP contribution in [-0.2, 0) is 4.74 Å². The first-order valence-electron chi connectivity index (χ1n) is 7.04. The summed E-state index contributed by atoms with van der Waals surface area (Å²) in [5, 5.41) is 14.3. The standard InChI is InChI=1S/C15H20N2O4/c1-15(2,3)21-14(18)10-7-8-12(13(9-10)17(19)20)16-11-5-4-6-11/h7-9,11,16H,4-6H2,1-3H3. The van der Waals surface area contributed by atoms with Crippen molar-refractivity contribution < 1.29 is 14.5 Å². The molecule has 0 amide bonds. The predicted molar refractivity (Wildman–Crippen MR) is 79.5 cm³/mol. The number of hydrogen-bond donors (Lipinski definition) is 1. The molecule has 1 saturated carbocycles. The van der Waals surface area contributed by atoms with Gasteiger partial charge >= 0.3 is 5.97 Å². The minimum atomic E-state index is -0.630. The van der Waals surface area contributed by atoms with Gasteiger partial charge in [-0.2, -0.15) is 0 Å². The van der Waals surface area contributed by atoms with Crippen LogP contribution >= 0.6 is 0 Å². The number of carbonyl (C=O) groups is 1. The van der Waals surface area contributed by atoms with E-state index in [9.17, 15) is 14.9 Å². The summed E-state index contributed by atoms with van der Waals surface area (Å²) in [6.45, 7) is 5.27. The Morgan fingerprint density at radius 2 is 2.05 bits per heavy atom. The minimum absolute atomic E-state index is 0.0924. The number of nitrogens with one attached hydrogen (secondary N) is 1. The van der Waals surface area contributed by atoms with Gasteiger partial charge in [0.05, 0.1) is 10.5 Å². The van der Waals surface area contributed by atoms with Crippen molar-refractivity contribution >= 4 is 17.3 Å². The van der Waals surface area contributed by atoms with Crippen molar-refractivity contribution in [2.75, 3.05) is 5.32 Å². The van der Waals surface area contributed by atoms with Crippen LogP contribution in [0.5, 0.6) is 0 Å². The summed E-state index contributed by atoms with van der Waals surface area (Å²) >= 11 is 0. The van der Waals surface area contributed by atoms with E-state index >= 15 is 0 Å². The van der Waals surface area contributed by atoms with E-state index < -0.39 is 16.5 Å². The molecule has 114 valence electrons. The van der Waals surface area contributed by atoms with E-state index in [1.54, 1.807) is 32.9 Å². The quantitative estimate of drug-likeness (QED) is 0.521. The average molecular weight is 292 g/mol. The summed E-state index contributed by atoms with van der Waals surface area (Å²) in [6, 6.07) is 4.70. The average Bonchev–Trinajstić information content (AvgIpc) is 2.31. The van der Waals surface area contributed by atoms with Crippen LogP contribution in [0.4, 0.5) is 11.4 Å². The Balaban J connectivity index is 2.22. The number of ether oxygens (including phenoxy) is 1. The summed E-state index contributed by atoms with van der Waals surface area (Å²) in [4.78, 5) is 22.7. The van der Waals surface area contributed by atoms with Crippen LogP contribution < -0.4 is 5.32 Å². The third-order valence-corrected chi connectivity index (χ3v) is 3.29. The molecule has 21 heavy (non-hydrogen) atoms. The third kappa shape index (κ3) is 3.93. The zero-order valence-corrected chi connectivity index (χ0v) is 12.5. The number of benzene rings is 1. The van der Waals surface area contributed by atoms with Gasteiger partial charge in [-0.3, -0.25) is 10.1 Å². The van der Waals surface area contributed by atoms with E-state index in [1.807, 2.05) is 0 Å². The summed E-state index contributed by atoms with van der Waals surface area (Å²) < 4.78 is 5.23. The van der Waals surface area contributed by atoms with E-state index in [0.717, 1.165) is 19.3 Å². The van der Waals surface area contributed by atoms with Gasteiger partial charge in [0.1, 0.15) is 11.3 Å². The first kappa shape index (κ1) is 15.3. The maximum absolute atomic E-state index is 12.0. The van der Waals surface area contributed by atoms with Crippen LogP contribution in [0, 0.1) is 10.1 Å². The first-order valence-corrected chi connectivity index (χ1v) is 7.04. The SMILES string of the molecule is CC(C)(C)OC(=O)c1ccc(NC2CCC2)c([N+](=O)[O-])c1. The Kier molecular flexibility index (Phi) is 4.16. The van der Waals surface area contributed by atoms with Crippen LogP contribution in [0.2, 0.25) is 0 Å². The van der Waals surface area contributed by atoms with E-state index in [-0.39, 0.29) is 17.3 Å². The molecule has 1 aromatic rings. The van der Waals surface area contributed by atoms with Gasteiger partial charge in [-0.05, 0) is 52.2 Å². The van der Waals surface area contributed by atoms with Gasteiger partial charge in [0.15, 0.2) is 0 Å². The van der Waals surface area contributed by atoms with Crippen molar-refractivity contribution in [2.45, 2.75) is 51.7 Å². The molecular weight excluding hydrogens is 272 g/mol. The number of anilines is 1. The highest BCUT2D eigenvalue weighted by atomic mass is 16.6. The van der Waals surface area contributed by atoms with E-state index in [0.29, 0.717) is 5.69 Å². The Labute approximate surface area is 123 Å². The molecule has 0 radical (unpaired) electrons. The Morgan fingerprint density at radius 3 is 2.52 bits per heavy atom. The van der Waals surface area contributed by atoms with E-state index in [1.165, 1.54) is 6.07 Å². The van der Waals surface area contributed by atoms with Gasteiger partial charge in [-0.1, -0.05) is 0 Å². The van der Waals surface area contributed by atoms with Crippen LogP contribution in [0.1, 0.15) is 50.4 Å². The molecule has 0 bridgehead atoms. The molecule has 0 spiro atoms. The minimum Gasteiger partial charge on any atom is -0.456 e. The maximum Gasteiger partial charge on any atom is 0.338 e. The van der Waals surface area contributed by atoms with Crippen molar-refractivity contribution in [3.05, 3.63) is 33.9 Å². The van der Waals surface area contributed by atoms with Crippen molar-refractivity contribution in [3.8, 4) is 0 Å². The third-order valence-electron chi connectivity index (χ3n) is 3.29. The lowest BCUT2D eigenvalue weighted by molar-refractivity contribution is -0.384. The number of hydrogen-bond acceptors (Lipinski definition) is 5. The number of esters is 1. The molecule has 6 heteroatoms. The summed E-state index contributed by atoms with van der Waals surface area (Å²) in [7, 11) is 0. The molecular formula is C15H20N2O4. The van der Waals surface area contributed by atoms with Crippen molar-refractivity contribution in [1.29, 1.82) is 0 Å². The molecule has 0 unspecified atom stereocenters. The van der Waals surface area contributed by atoms with Gasteiger partial charge in [-0.25, -0.2) is 4.79 Å². The Morgan fingerprint density at radius 1 is 1.38 bits per heavy atom. The molecule has 1 aromatic carbocycles. The number of rotatable bonds is 4. The highest BCUT2D eigenvalue weighted by molar-refractivity contribution is 5.91. The molecule has 0 aromatic heterocycles. The van der Waals surface area contributed by atoms with Crippen LogP contribution in [0.3, 0.4) is 0 Å². The lowest BCUT2D eigenvalue weighted by Crippen LogP contribution is -2.27. The highest BCUT2D eigenvalue weighted by Crippen LogP contribution is 2.30. The van der Waals surface area contributed by atoms with Gasteiger partial charge in [0.25, 0.3) is 5.69 Å². The van der Waals surface area contributed by atoms with Crippen LogP contribution in [0.15, 0.2) is 18.2 Å². The lowest BCUT2D eigenvalue weighted by Gasteiger charge is -2.27. The lowest BCUT2D eigenvalue weighted by atomic mass is 9.93. The van der Waals surface area contributed by atoms with E-state index in [2.05, 4.69) is 5.32 Å². The zero-order valence-electron chi connectivity index (χ0n) is 12.5. The fraction of sp³-hybridized carbons (Fsp3) is 0.533. The second-order valence-electron chi connectivity index (χ2n) is 6.26. The Bertz CT molecular complexity index is 559. The van der Waals surface area contributed by atoms with Gasteiger partial charge < -0.3 is 10.1 Å². The molecule has 0 heterocycles.